The van der Waals surface area contributed by atoms with E-state index in [-0.39, 0.29) is 6.10 Å². The van der Waals surface area contributed by atoms with E-state index in [1.165, 1.54) is 0 Å². The predicted molar refractivity (Wildman–Crippen MR) is 63.7 cm³/mol. The van der Waals surface area contributed by atoms with Crippen molar-refractivity contribution >= 4 is 12.2 Å². The van der Waals surface area contributed by atoms with Gasteiger partial charge in [-0.25, -0.2) is 9.59 Å². The zero-order valence-electron chi connectivity index (χ0n) is 10.4. The third-order valence-electron chi connectivity index (χ3n) is 1.74. The third-order valence-corrected chi connectivity index (χ3v) is 1.74. The largest absolute Gasteiger partial charge is 0.458 e. The quantitative estimate of drug-likeness (QED) is 0.752. The molecule has 0 heterocycles. The molecule has 1 aromatic carbocycles. The lowest BCUT2D eigenvalue weighted by atomic mass is 10.2. The van der Waals surface area contributed by atoms with Crippen LogP contribution in [0, 0.1) is 6.92 Å². The van der Waals surface area contributed by atoms with Gasteiger partial charge in [0.05, 0.1) is 6.10 Å². The Balaban J connectivity index is 2.51. The summed E-state index contributed by atoms with van der Waals surface area (Å²) >= 11 is 0. The molecule has 0 aliphatic rings. The minimum absolute atomic E-state index is 0.316. The van der Waals surface area contributed by atoms with Gasteiger partial charge in [0.15, 0.2) is 0 Å². The number of azo groups is 1. The fourth-order valence-electron chi connectivity index (χ4n) is 1.11. The molecule has 0 saturated heterocycles. The van der Waals surface area contributed by atoms with Gasteiger partial charge in [-0.1, -0.05) is 22.4 Å². The summed E-state index contributed by atoms with van der Waals surface area (Å²) in [6, 6.07) is 6.87. The van der Waals surface area contributed by atoms with Gasteiger partial charge in [0, 0.05) is 0 Å². The Bertz CT molecular complexity index is 469. The maximum atomic E-state index is 11.2. The molecule has 0 aliphatic heterocycles. The molecule has 0 aromatic heterocycles. The van der Waals surface area contributed by atoms with Gasteiger partial charge in [0.2, 0.25) is 0 Å². The highest BCUT2D eigenvalue weighted by molar-refractivity contribution is 5.74. The first-order valence-electron chi connectivity index (χ1n) is 5.38. The molecule has 18 heavy (non-hydrogen) atoms. The average Bonchev–Trinajstić information content (AvgIpc) is 2.25. The van der Waals surface area contributed by atoms with Crippen LogP contribution in [-0.4, -0.2) is 18.3 Å². The number of carbonyl (C=O) groups is 2. The smallest absolute Gasteiger partial charge is 0.444 e. The summed E-state index contributed by atoms with van der Waals surface area (Å²) in [6.07, 6.45) is -2.21. The van der Waals surface area contributed by atoms with Crippen LogP contribution >= 0.6 is 0 Å². The summed E-state index contributed by atoms with van der Waals surface area (Å²) in [7, 11) is 0. The molecule has 0 spiro atoms. The van der Waals surface area contributed by atoms with Crippen molar-refractivity contribution in [3.05, 3.63) is 29.8 Å². The summed E-state index contributed by atoms with van der Waals surface area (Å²) in [5.41, 5.74) is 0.941. The van der Waals surface area contributed by atoms with Crippen LogP contribution in [0.5, 0.6) is 5.75 Å². The molecule has 6 nitrogen and oxygen atoms in total. The summed E-state index contributed by atoms with van der Waals surface area (Å²) in [6.45, 7) is 5.19. The predicted octanol–water partition coefficient (Wildman–Crippen LogP) is 3.49. The summed E-state index contributed by atoms with van der Waals surface area (Å²) in [4.78, 5) is 22.2. The number of hydrogen-bond donors (Lipinski definition) is 0. The van der Waals surface area contributed by atoms with Crippen LogP contribution in [0.15, 0.2) is 34.5 Å². The number of ether oxygens (including phenoxy) is 2. The second-order valence-electron chi connectivity index (χ2n) is 3.82. The minimum atomic E-state index is -0.971. The molecule has 1 rings (SSSR count). The van der Waals surface area contributed by atoms with Gasteiger partial charge in [-0.15, -0.1) is 0 Å². The van der Waals surface area contributed by atoms with E-state index in [9.17, 15) is 9.59 Å². The minimum Gasteiger partial charge on any atom is -0.444 e. The highest BCUT2D eigenvalue weighted by Crippen LogP contribution is 2.13. The van der Waals surface area contributed by atoms with Crippen LogP contribution in [0.3, 0.4) is 0 Å². The zero-order valence-corrected chi connectivity index (χ0v) is 10.4. The van der Waals surface area contributed by atoms with Crippen molar-refractivity contribution in [2.24, 2.45) is 10.2 Å². The average molecular weight is 250 g/mol. The Labute approximate surface area is 105 Å². The van der Waals surface area contributed by atoms with E-state index in [2.05, 4.69) is 15.0 Å². The van der Waals surface area contributed by atoms with Crippen LogP contribution in [0.1, 0.15) is 19.4 Å². The fourth-order valence-corrected chi connectivity index (χ4v) is 1.11. The molecule has 0 atom stereocenters. The van der Waals surface area contributed by atoms with Crippen molar-refractivity contribution in [1.82, 2.24) is 0 Å². The van der Waals surface area contributed by atoms with Crippen molar-refractivity contribution in [2.45, 2.75) is 26.9 Å². The third kappa shape index (κ3) is 5.20. The molecule has 6 heteroatoms. The topological polar surface area (TPSA) is 77.3 Å². The maximum absolute atomic E-state index is 11.2. The molecule has 1 aromatic rings. The fraction of sp³-hybridized carbons (Fsp3) is 0.333. The van der Waals surface area contributed by atoms with Crippen molar-refractivity contribution in [2.75, 3.05) is 0 Å². The van der Waals surface area contributed by atoms with Crippen LogP contribution < -0.4 is 4.74 Å². The van der Waals surface area contributed by atoms with Gasteiger partial charge in [0.1, 0.15) is 5.75 Å². The number of aryl methyl sites for hydroxylation is 1. The van der Waals surface area contributed by atoms with Gasteiger partial charge >= 0.3 is 12.2 Å². The van der Waals surface area contributed by atoms with Gasteiger partial charge < -0.3 is 9.47 Å². The molecule has 0 fully saturated rings. The first-order valence-corrected chi connectivity index (χ1v) is 5.38. The van der Waals surface area contributed by atoms with Crippen LogP contribution in [-0.2, 0) is 4.74 Å². The van der Waals surface area contributed by atoms with E-state index in [4.69, 9.17) is 4.74 Å². The number of nitrogens with zero attached hydrogens (tertiary/aromatic N) is 2. The van der Waals surface area contributed by atoms with Crippen LogP contribution in [0.2, 0.25) is 0 Å². The second-order valence-corrected chi connectivity index (χ2v) is 3.82. The number of carbonyl (C=O) groups excluding carboxylic acids is 2. The van der Waals surface area contributed by atoms with E-state index < -0.39 is 12.2 Å². The van der Waals surface area contributed by atoms with Crippen molar-refractivity contribution in [1.29, 1.82) is 0 Å². The molecular weight excluding hydrogens is 236 g/mol. The monoisotopic (exact) mass is 250 g/mol. The lowest BCUT2D eigenvalue weighted by Crippen LogP contribution is -2.08. The van der Waals surface area contributed by atoms with E-state index in [1.54, 1.807) is 32.0 Å². The van der Waals surface area contributed by atoms with E-state index >= 15 is 0 Å². The first-order chi connectivity index (χ1) is 8.47. The molecule has 0 bridgehead atoms. The van der Waals surface area contributed by atoms with Gasteiger partial charge in [0.25, 0.3) is 0 Å². The van der Waals surface area contributed by atoms with Crippen molar-refractivity contribution in [3.63, 3.8) is 0 Å². The molecule has 96 valence electrons. The van der Waals surface area contributed by atoms with E-state index in [0.29, 0.717) is 5.75 Å². The van der Waals surface area contributed by atoms with Gasteiger partial charge in [-0.3, -0.25) is 0 Å². The normalized spacial score (nSPS) is 10.7. The Morgan fingerprint density at radius 2 is 1.83 bits per heavy atom. The standard InChI is InChI=1S/C12H14N2O4/c1-8(2)17-11(15)13-14-12(16)18-10-6-4-5-9(3)7-10/h4-8H,1-3H3/b14-13+. The Morgan fingerprint density at radius 3 is 2.44 bits per heavy atom. The number of amides is 2. The summed E-state index contributed by atoms with van der Waals surface area (Å²) in [5, 5.41) is 6.16. The van der Waals surface area contributed by atoms with Crippen molar-refractivity contribution < 1.29 is 19.1 Å². The van der Waals surface area contributed by atoms with Gasteiger partial charge in [-0.2, -0.15) is 0 Å². The number of benzene rings is 1. The van der Waals surface area contributed by atoms with E-state index in [1.807, 2.05) is 13.0 Å². The summed E-state index contributed by atoms with van der Waals surface area (Å²) < 4.78 is 9.51. The SMILES string of the molecule is Cc1cccc(OC(=O)/N=N/C(=O)OC(C)C)c1. The Morgan fingerprint density at radius 1 is 1.17 bits per heavy atom. The molecular formula is C12H14N2O4. The highest BCUT2D eigenvalue weighted by atomic mass is 16.6. The molecule has 2 amide bonds. The Kier molecular flexibility index (Phi) is 4.98. The lowest BCUT2D eigenvalue weighted by Gasteiger charge is -2.02. The number of rotatable bonds is 2. The van der Waals surface area contributed by atoms with Gasteiger partial charge in [-0.05, 0) is 38.5 Å². The molecule has 0 radical (unpaired) electrons. The summed E-state index contributed by atoms with van der Waals surface area (Å²) in [5.74, 6) is 0.344. The maximum Gasteiger partial charge on any atom is 0.458 e. The second kappa shape index (κ2) is 6.48. The number of hydrogen-bond acceptors (Lipinski definition) is 4. The highest BCUT2D eigenvalue weighted by Gasteiger charge is 2.06. The molecule has 0 saturated carbocycles. The molecule has 0 unspecified atom stereocenters. The first kappa shape index (κ1) is 13.8. The lowest BCUT2D eigenvalue weighted by molar-refractivity contribution is 0.123. The van der Waals surface area contributed by atoms with E-state index in [0.717, 1.165) is 5.56 Å². The molecule has 0 N–H and O–H groups in total. The van der Waals surface area contributed by atoms with Crippen molar-refractivity contribution in [3.8, 4) is 5.75 Å². The van der Waals surface area contributed by atoms with Crippen LogP contribution in [0.25, 0.3) is 0 Å². The zero-order chi connectivity index (χ0) is 13.5. The molecule has 0 aliphatic carbocycles. The van der Waals surface area contributed by atoms with Crippen LogP contribution in [0.4, 0.5) is 9.59 Å². The Hall–Kier alpha value is -2.24.